The van der Waals surface area contributed by atoms with Gasteiger partial charge in [-0.2, -0.15) is 0 Å². The van der Waals surface area contributed by atoms with Gasteiger partial charge in [0.25, 0.3) is 0 Å². The molecule has 4 nitrogen and oxygen atoms in total. The van der Waals surface area contributed by atoms with Crippen molar-refractivity contribution in [1.82, 2.24) is 5.32 Å². The predicted molar refractivity (Wildman–Crippen MR) is 54.5 cm³/mol. The SMILES string of the molecule is COc1ccc(C2(O)CNC(=O)C2)cc1. The number of carbonyl (C=O) groups is 1. The number of hydrogen-bond acceptors (Lipinski definition) is 3. The minimum Gasteiger partial charge on any atom is -0.497 e. The molecular weight excluding hydrogens is 194 g/mol. The highest BCUT2D eigenvalue weighted by Crippen LogP contribution is 2.29. The van der Waals surface area contributed by atoms with Crippen LogP contribution in [-0.4, -0.2) is 24.7 Å². The average Bonchev–Trinajstić information content (AvgIpc) is 2.60. The number of rotatable bonds is 2. The fourth-order valence-corrected chi connectivity index (χ4v) is 1.74. The third-order valence-corrected chi connectivity index (χ3v) is 2.66. The minimum absolute atomic E-state index is 0.117. The summed E-state index contributed by atoms with van der Waals surface area (Å²) in [4.78, 5) is 11.1. The van der Waals surface area contributed by atoms with Gasteiger partial charge in [0.15, 0.2) is 0 Å². The molecule has 0 aliphatic carbocycles. The second kappa shape index (κ2) is 3.55. The summed E-state index contributed by atoms with van der Waals surface area (Å²) in [5, 5.41) is 12.8. The molecule has 0 radical (unpaired) electrons. The monoisotopic (exact) mass is 207 g/mol. The first-order chi connectivity index (χ1) is 7.14. The highest BCUT2D eigenvalue weighted by molar-refractivity contribution is 5.80. The summed E-state index contributed by atoms with van der Waals surface area (Å²) >= 11 is 0. The molecule has 1 unspecified atom stereocenters. The lowest BCUT2D eigenvalue weighted by Gasteiger charge is -2.20. The Balaban J connectivity index is 2.25. The third-order valence-electron chi connectivity index (χ3n) is 2.66. The molecule has 0 bridgehead atoms. The molecule has 1 aliphatic heterocycles. The van der Waals surface area contributed by atoms with Crippen molar-refractivity contribution in [2.45, 2.75) is 12.0 Å². The second-order valence-electron chi connectivity index (χ2n) is 3.71. The number of benzene rings is 1. The Morgan fingerprint density at radius 3 is 2.53 bits per heavy atom. The lowest BCUT2D eigenvalue weighted by Crippen LogP contribution is -2.28. The van der Waals surface area contributed by atoms with Gasteiger partial charge >= 0.3 is 0 Å². The van der Waals surface area contributed by atoms with Crippen LogP contribution in [0.2, 0.25) is 0 Å². The summed E-state index contributed by atoms with van der Waals surface area (Å²) in [5.41, 5.74) is -0.328. The van der Waals surface area contributed by atoms with E-state index in [-0.39, 0.29) is 18.9 Å². The molecule has 2 rings (SSSR count). The zero-order chi connectivity index (χ0) is 10.9. The number of hydrogen-bond donors (Lipinski definition) is 2. The van der Waals surface area contributed by atoms with Crippen LogP contribution in [0.5, 0.6) is 5.75 Å². The fourth-order valence-electron chi connectivity index (χ4n) is 1.74. The number of methoxy groups -OCH3 is 1. The zero-order valence-corrected chi connectivity index (χ0v) is 8.49. The number of β-amino-alcohol motifs (C(OH)–C–C–N with tert-alkyl or cyclic N) is 1. The van der Waals surface area contributed by atoms with Gasteiger partial charge in [0.1, 0.15) is 11.4 Å². The first kappa shape index (κ1) is 9.98. The molecule has 1 amide bonds. The summed E-state index contributed by atoms with van der Waals surface area (Å²) in [6.07, 6.45) is 0.124. The second-order valence-corrected chi connectivity index (χ2v) is 3.71. The molecule has 1 atom stereocenters. The van der Waals surface area contributed by atoms with E-state index >= 15 is 0 Å². The summed E-state index contributed by atoms with van der Waals surface area (Å²) in [6.45, 7) is 0.276. The maximum atomic E-state index is 11.1. The molecule has 2 N–H and O–H groups in total. The normalized spacial score (nSPS) is 25.1. The van der Waals surface area contributed by atoms with Gasteiger partial charge in [0.2, 0.25) is 5.91 Å². The van der Waals surface area contributed by atoms with E-state index in [1.54, 1.807) is 31.4 Å². The smallest absolute Gasteiger partial charge is 0.223 e. The van der Waals surface area contributed by atoms with Crippen LogP contribution in [-0.2, 0) is 10.4 Å². The lowest BCUT2D eigenvalue weighted by atomic mass is 9.93. The number of nitrogens with one attached hydrogen (secondary N) is 1. The Labute approximate surface area is 87.9 Å². The summed E-state index contributed by atoms with van der Waals surface area (Å²) in [7, 11) is 1.59. The van der Waals surface area contributed by atoms with Gasteiger partial charge in [-0.25, -0.2) is 0 Å². The van der Waals surface area contributed by atoms with Crippen LogP contribution in [0.4, 0.5) is 0 Å². The largest absolute Gasteiger partial charge is 0.497 e. The van der Waals surface area contributed by atoms with Gasteiger partial charge in [-0.15, -0.1) is 0 Å². The van der Waals surface area contributed by atoms with Crippen molar-refractivity contribution < 1.29 is 14.6 Å². The Morgan fingerprint density at radius 2 is 2.07 bits per heavy atom. The third kappa shape index (κ3) is 1.80. The van der Waals surface area contributed by atoms with E-state index in [0.29, 0.717) is 0 Å². The number of amides is 1. The molecule has 1 aromatic carbocycles. The quantitative estimate of drug-likeness (QED) is 0.738. The molecule has 1 aromatic rings. The molecule has 1 aliphatic rings. The average molecular weight is 207 g/mol. The van der Waals surface area contributed by atoms with Crippen LogP contribution in [0.3, 0.4) is 0 Å². The van der Waals surface area contributed by atoms with Gasteiger partial charge in [0.05, 0.1) is 20.1 Å². The number of ether oxygens (including phenoxy) is 1. The molecule has 0 spiro atoms. The maximum Gasteiger partial charge on any atom is 0.223 e. The molecule has 0 saturated carbocycles. The first-order valence-electron chi connectivity index (χ1n) is 4.78. The molecule has 1 saturated heterocycles. The maximum absolute atomic E-state index is 11.1. The summed E-state index contributed by atoms with van der Waals surface area (Å²) in [5.74, 6) is 0.618. The van der Waals surface area contributed by atoms with Crippen molar-refractivity contribution in [3.63, 3.8) is 0 Å². The Bertz CT molecular complexity index is 374. The van der Waals surface area contributed by atoms with Gasteiger partial charge in [0, 0.05) is 0 Å². The van der Waals surface area contributed by atoms with Crippen molar-refractivity contribution in [3.05, 3.63) is 29.8 Å². The van der Waals surface area contributed by atoms with E-state index in [0.717, 1.165) is 11.3 Å². The Hall–Kier alpha value is -1.55. The highest BCUT2D eigenvalue weighted by atomic mass is 16.5. The van der Waals surface area contributed by atoms with Crippen LogP contribution in [0.25, 0.3) is 0 Å². The van der Waals surface area contributed by atoms with E-state index in [1.165, 1.54) is 0 Å². The van der Waals surface area contributed by atoms with Crippen LogP contribution in [0, 0.1) is 0 Å². The fraction of sp³-hybridized carbons (Fsp3) is 0.364. The molecule has 4 heteroatoms. The zero-order valence-electron chi connectivity index (χ0n) is 8.49. The van der Waals surface area contributed by atoms with Crippen molar-refractivity contribution in [2.75, 3.05) is 13.7 Å². The van der Waals surface area contributed by atoms with Crippen LogP contribution < -0.4 is 10.1 Å². The van der Waals surface area contributed by atoms with Crippen molar-refractivity contribution >= 4 is 5.91 Å². The lowest BCUT2D eigenvalue weighted by molar-refractivity contribution is -0.120. The molecular formula is C11H13NO3. The molecule has 15 heavy (non-hydrogen) atoms. The molecule has 1 heterocycles. The number of carbonyl (C=O) groups excluding carboxylic acids is 1. The highest BCUT2D eigenvalue weighted by Gasteiger charge is 2.37. The van der Waals surface area contributed by atoms with Gasteiger partial charge in [-0.3, -0.25) is 4.79 Å². The Kier molecular flexibility index (Phi) is 2.36. The molecule has 80 valence electrons. The number of aliphatic hydroxyl groups is 1. The van der Waals surface area contributed by atoms with Crippen LogP contribution in [0.15, 0.2) is 24.3 Å². The summed E-state index contributed by atoms with van der Waals surface area (Å²) < 4.78 is 5.02. The van der Waals surface area contributed by atoms with Crippen LogP contribution >= 0.6 is 0 Å². The van der Waals surface area contributed by atoms with E-state index in [1.807, 2.05) is 0 Å². The Morgan fingerprint density at radius 1 is 1.40 bits per heavy atom. The van der Waals surface area contributed by atoms with E-state index in [9.17, 15) is 9.90 Å². The molecule has 0 aromatic heterocycles. The van der Waals surface area contributed by atoms with E-state index in [4.69, 9.17) is 4.74 Å². The van der Waals surface area contributed by atoms with Crippen LogP contribution in [0.1, 0.15) is 12.0 Å². The molecule has 1 fully saturated rings. The van der Waals surface area contributed by atoms with Crippen molar-refractivity contribution in [2.24, 2.45) is 0 Å². The topological polar surface area (TPSA) is 58.6 Å². The first-order valence-corrected chi connectivity index (χ1v) is 4.78. The van der Waals surface area contributed by atoms with Crippen molar-refractivity contribution in [3.8, 4) is 5.75 Å². The van der Waals surface area contributed by atoms with Gasteiger partial charge in [-0.05, 0) is 17.7 Å². The van der Waals surface area contributed by atoms with E-state index < -0.39 is 5.60 Å². The standard InChI is InChI=1S/C11H13NO3/c1-15-9-4-2-8(3-5-9)11(14)6-10(13)12-7-11/h2-5,14H,6-7H2,1H3,(H,12,13). The summed E-state index contributed by atoms with van der Waals surface area (Å²) in [6, 6.07) is 7.10. The van der Waals surface area contributed by atoms with Gasteiger partial charge in [-0.1, -0.05) is 12.1 Å². The minimum atomic E-state index is -1.07. The predicted octanol–water partition coefficient (Wildman–Crippen LogP) is 0.403. The van der Waals surface area contributed by atoms with Crippen molar-refractivity contribution in [1.29, 1.82) is 0 Å². The van der Waals surface area contributed by atoms with Gasteiger partial charge < -0.3 is 15.2 Å². The van der Waals surface area contributed by atoms with E-state index in [2.05, 4.69) is 5.32 Å².